The van der Waals surface area contributed by atoms with Gasteiger partial charge in [0.05, 0.1) is 18.2 Å². The quantitative estimate of drug-likeness (QED) is 0.542. The van der Waals surface area contributed by atoms with Crippen LogP contribution in [0.5, 0.6) is 0 Å². The van der Waals surface area contributed by atoms with Crippen molar-refractivity contribution in [1.29, 1.82) is 0 Å². The molecule has 0 radical (unpaired) electrons. The van der Waals surface area contributed by atoms with E-state index < -0.39 is 17.6 Å². The Hall–Kier alpha value is -2.77. The first kappa shape index (κ1) is 23.5. The van der Waals surface area contributed by atoms with Crippen molar-refractivity contribution in [2.75, 3.05) is 6.61 Å². The standard InChI is InChI=1S/C22H28F2N2O4/c1-14(2)6-4-7-15(3)26-19(27)13-29-21(28)11-10-20-25-12-18(30-20)22-16(23)8-5-9-17(22)24/h5,8-9,12,14-15H,4,6-7,10-11,13H2,1-3H3,(H,26,27). The number of oxazole rings is 1. The summed E-state index contributed by atoms with van der Waals surface area (Å²) in [4.78, 5) is 27.6. The van der Waals surface area contributed by atoms with Gasteiger partial charge in [-0.05, 0) is 31.4 Å². The van der Waals surface area contributed by atoms with Crippen molar-refractivity contribution < 1.29 is 27.5 Å². The van der Waals surface area contributed by atoms with E-state index in [0.29, 0.717) is 5.92 Å². The molecular weight excluding hydrogens is 394 g/mol. The molecule has 0 aliphatic carbocycles. The van der Waals surface area contributed by atoms with Crippen LogP contribution >= 0.6 is 0 Å². The molecule has 1 atom stereocenters. The average Bonchev–Trinajstić information content (AvgIpc) is 3.12. The van der Waals surface area contributed by atoms with E-state index in [2.05, 4.69) is 24.1 Å². The van der Waals surface area contributed by atoms with Crippen molar-refractivity contribution in [3.63, 3.8) is 0 Å². The third kappa shape index (κ3) is 7.57. The van der Waals surface area contributed by atoms with Crippen molar-refractivity contribution in [2.45, 2.75) is 58.9 Å². The lowest BCUT2D eigenvalue weighted by Gasteiger charge is -2.14. The number of carbonyl (C=O) groups excluding carboxylic acids is 2. The number of aromatic nitrogens is 1. The SMILES string of the molecule is CC(C)CCCC(C)NC(=O)COC(=O)CCc1ncc(-c2c(F)cccc2F)o1. The van der Waals surface area contributed by atoms with Crippen molar-refractivity contribution in [3.8, 4) is 11.3 Å². The lowest BCUT2D eigenvalue weighted by Crippen LogP contribution is -2.35. The smallest absolute Gasteiger partial charge is 0.306 e. The van der Waals surface area contributed by atoms with Gasteiger partial charge in [-0.1, -0.05) is 32.8 Å². The molecule has 0 saturated carbocycles. The molecule has 30 heavy (non-hydrogen) atoms. The van der Waals surface area contributed by atoms with E-state index in [1.54, 1.807) is 0 Å². The molecule has 0 spiro atoms. The van der Waals surface area contributed by atoms with Gasteiger partial charge in [0, 0.05) is 12.5 Å². The molecule has 1 unspecified atom stereocenters. The molecule has 8 heteroatoms. The highest BCUT2D eigenvalue weighted by molar-refractivity contribution is 5.80. The van der Waals surface area contributed by atoms with E-state index in [1.807, 2.05) is 6.92 Å². The Morgan fingerprint density at radius 3 is 2.53 bits per heavy atom. The zero-order valence-electron chi connectivity index (χ0n) is 17.5. The van der Waals surface area contributed by atoms with Crippen LogP contribution in [0.15, 0.2) is 28.8 Å². The Morgan fingerprint density at radius 1 is 1.17 bits per heavy atom. The summed E-state index contributed by atoms with van der Waals surface area (Å²) in [5.41, 5.74) is -0.307. The summed E-state index contributed by atoms with van der Waals surface area (Å²) >= 11 is 0. The molecule has 6 nitrogen and oxygen atoms in total. The number of nitrogens with one attached hydrogen (secondary N) is 1. The predicted octanol–water partition coefficient (Wildman–Crippen LogP) is 4.43. The molecule has 164 valence electrons. The van der Waals surface area contributed by atoms with Crippen LogP contribution in [0.25, 0.3) is 11.3 Å². The molecule has 1 heterocycles. The maximum absolute atomic E-state index is 13.8. The van der Waals surface area contributed by atoms with Gasteiger partial charge in [-0.2, -0.15) is 0 Å². The molecule has 1 N–H and O–H groups in total. The van der Waals surface area contributed by atoms with Crippen LogP contribution in [0.1, 0.15) is 52.3 Å². The molecular formula is C22H28F2N2O4. The molecule has 0 saturated heterocycles. The number of halogens is 2. The fourth-order valence-corrected chi connectivity index (χ4v) is 2.92. The number of rotatable bonds is 11. The van der Waals surface area contributed by atoms with Crippen molar-refractivity contribution in [3.05, 3.63) is 41.9 Å². The highest BCUT2D eigenvalue weighted by Crippen LogP contribution is 2.26. The first-order valence-corrected chi connectivity index (χ1v) is 10.1. The molecule has 1 aromatic carbocycles. The molecule has 1 amide bonds. The van der Waals surface area contributed by atoms with Gasteiger partial charge in [0.1, 0.15) is 11.6 Å². The first-order chi connectivity index (χ1) is 14.3. The second-order valence-corrected chi connectivity index (χ2v) is 7.67. The summed E-state index contributed by atoms with van der Waals surface area (Å²) in [6.45, 7) is 5.86. The molecule has 0 bridgehead atoms. The van der Waals surface area contributed by atoms with Gasteiger partial charge >= 0.3 is 5.97 Å². The summed E-state index contributed by atoms with van der Waals surface area (Å²) in [6, 6.07) is 3.51. The second-order valence-electron chi connectivity index (χ2n) is 7.67. The minimum absolute atomic E-state index is 0.0134. The summed E-state index contributed by atoms with van der Waals surface area (Å²) in [6.07, 6.45) is 4.21. The van der Waals surface area contributed by atoms with Crippen LogP contribution in [0.4, 0.5) is 8.78 Å². The number of ether oxygens (including phenoxy) is 1. The van der Waals surface area contributed by atoms with Crippen LogP contribution in [0.2, 0.25) is 0 Å². The van der Waals surface area contributed by atoms with E-state index >= 15 is 0 Å². The summed E-state index contributed by atoms with van der Waals surface area (Å²) < 4.78 is 37.9. The largest absolute Gasteiger partial charge is 0.456 e. The summed E-state index contributed by atoms with van der Waals surface area (Å²) in [7, 11) is 0. The maximum atomic E-state index is 13.8. The number of aryl methyl sites for hydroxylation is 1. The third-order valence-corrected chi connectivity index (χ3v) is 4.50. The number of hydrogen-bond acceptors (Lipinski definition) is 5. The van der Waals surface area contributed by atoms with Crippen molar-refractivity contribution in [1.82, 2.24) is 10.3 Å². The van der Waals surface area contributed by atoms with Crippen LogP contribution in [-0.2, 0) is 20.7 Å². The Balaban J connectivity index is 1.72. The second kappa shape index (κ2) is 11.4. The molecule has 2 rings (SSSR count). The van der Waals surface area contributed by atoms with Crippen molar-refractivity contribution in [2.24, 2.45) is 5.92 Å². The van der Waals surface area contributed by atoms with Crippen molar-refractivity contribution >= 4 is 11.9 Å². The fourth-order valence-electron chi connectivity index (χ4n) is 2.92. The molecule has 2 aromatic rings. The number of esters is 1. The number of hydrogen-bond donors (Lipinski definition) is 1. The van der Waals surface area contributed by atoms with Gasteiger partial charge in [-0.25, -0.2) is 13.8 Å². The van der Waals surface area contributed by atoms with E-state index in [1.165, 1.54) is 12.3 Å². The Morgan fingerprint density at radius 2 is 1.87 bits per heavy atom. The lowest BCUT2D eigenvalue weighted by molar-refractivity contribution is -0.148. The van der Waals surface area contributed by atoms with E-state index in [0.717, 1.165) is 31.4 Å². The predicted molar refractivity (Wildman–Crippen MR) is 107 cm³/mol. The lowest BCUT2D eigenvalue weighted by atomic mass is 10.0. The highest BCUT2D eigenvalue weighted by atomic mass is 19.1. The number of nitrogens with zero attached hydrogens (tertiary/aromatic N) is 1. The molecule has 0 fully saturated rings. The number of benzene rings is 1. The maximum Gasteiger partial charge on any atom is 0.306 e. The zero-order chi connectivity index (χ0) is 22.1. The topological polar surface area (TPSA) is 81.4 Å². The number of carbonyl (C=O) groups is 2. The van der Waals surface area contributed by atoms with Gasteiger partial charge in [0.15, 0.2) is 18.3 Å². The third-order valence-electron chi connectivity index (χ3n) is 4.50. The summed E-state index contributed by atoms with van der Waals surface area (Å²) in [5.74, 6) is -1.75. The van der Waals surface area contributed by atoms with Crippen LogP contribution in [0, 0.1) is 17.6 Å². The van der Waals surface area contributed by atoms with Gasteiger partial charge in [0.2, 0.25) is 0 Å². The summed E-state index contributed by atoms with van der Waals surface area (Å²) in [5, 5.41) is 2.80. The molecule has 1 aromatic heterocycles. The average molecular weight is 422 g/mol. The zero-order valence-corrected chi connectivity index (χ0v) is 17.5. The van der Waals surface area contributed by atoms with Gasteiger partial charge in [-0.3, -0.25) is 9.59 Å². The Labute approximate surface area is 175 Å². The highest BCUT2D eigenvalue weighted by Gasteiger charge is 2.17. The first-order valence-electron chi connectivity index (χ1n) is 10.1. The fraction of sp³-hybridized carbons (Fsp3) is 0.500. The minimum atomic E-state index is -0.762. The van der Waals surface area contributed by atoms with Gasteiger partial charge in [-0.15, -0.1) is 0 Å². The van der Waals surface area contributed by atoms with E-state index in [9.17, 15) is 18.4 Å². The van der Waals surface area contributed by atoms with E-state index in [-0.39, 0.29) is 48.6 Å². The monoisotopic (exact) mass is 422 g/mol. The normalized spacial score (nSPS) is 12.1. The Bertz CT molecular complexity index is 831. The van der Waals surface area contributed by atoms with Crippen LogP contribution in [0.3, 0.4) is 0 Å². The van der Waals surface area contributed by atoms with E-state index in [4.69, 9.17) is 9.15 Å². The van der Waals surface area contributed by atoms with Gasteiger partial charge < -0.3 is 14.5 Å². The molecule has 0 aliphatic heterocycles. The Kier molecular flexibility index (Phi) is 8.95. The molecule has 0 aliphatic rings. The number of amides is 1. The van der Waals surface area contributed by atoms with Crippen LogP contribution in [-0.4, -0.2) is 29.5 Å². The van der Waals surface area contributed by atoms with Gasteiger partial charge in [0.25, 0.3) is 5.91 Å². The minimum Gasteiger partial charge on any atom is -0.456 e. The van der Waals surface area contributed by atoms with Crippen LogP contribution < -0.4 is 5.32 Å².